The first-order valence-corrected chi connectivity index (χ1v) is 5.68. The van der Waals surface area contributed by atoms with E-state index in [4.69, 9.17) is 4.74 Å². The highest BCUT2D eigenvalue weighted by Gasteiger charge is 2.22. The Kier molecular flexibility index (Phi) is 3.54. The van der Waals surface area contributed by atoms with E-state index in [2.05, 4.69) is 0 Å². The number of rotatable bonds is 2. The fourth-order valence-electron chi connectivity index (χ4n) is 2.40. The molecule has 0 aliphatic heterocycles. The lowest BCUT2D eigenvalue weighted by Crippen LogP contribution is -2.19. The molecule has 0 unspecified atom stereocenters. The van der Waals surface area contributed by atoms with Gasteiger partial charge in [0.05, 0.1) is 6.10 Å². The zero-order valence-corrected chi connectivity index (χ0v) is 9.38. The molecule has 1 aliphatic rings. The van der Waals surface area contributed by atoms with Gasteiger partial charge >= 0.3 is 0 Å². The summed E-state index contributed by atoms with van der Waals surface area (Å²) < 4.78 is 31.1. The zero-order valence-electron chi connectivity index (χ0n) is 9.38. The van der Waals surface area contributed by atoms with Crippen LogP contribution in [0.15, 0.2) is 18.2 Å². The van der Waals surface area contributed by atoms with E-state index in [9.17, 15) is 8.78 Å². The summed E-state index contributed by atoms with van der Waals surface area (Å²) in [5.41, 5.74) is 0.911. The van der Waals surface area contributed by atoms with Gasteiger partial charge in [-0.2, -0.15) is 0 Å². The van der Waals surface area contributed by atoms with Crippen LogP contribution in [0.5, 0.6) is 0 Å². The molecule has 1 saturated carbocycles. The quantitative estimate of drug-likeness (QED) is 0.748. The Labute approximate surface area is 94.4 Å². The Morgan fingerprint density at radius 3 is 2.31 bits per heavy atom. The molecule has 0 N–H and O–H groups in total. The Bertz CT molecular complexity index is 357. The maximum absolute atomic E-state index is 13.1. The molecule has 0 spiro atoms. The molecule has 0 radical (unpaired) electrons. The second-order valence-corrected chi connectivity index (χ2v) is 4.38. The van der Waals surface area contributed by atoms with Gasteiger partial charge in [0.25, 0.3) is 0 Å². The number of methoxy groups -OCH3 is 1. The molecule has 0 bridgehead atoms. The predicted molar refractivity (Wildman–Crippen MR) is 58.4 cm³/mol. The Morgan fingerprint density at radius 1 is 1.06 bits per heavy atom. The highest BCUT2D eigenvalue weighted by molar-refractivity contribution is 5.22. The van der Waals surface area contributed by atoms with E-state index in [0.717, 1.165) is 31.2 Å². The largest absolute Gasteiger partial charge is 0.381 e. The van der Waals surface area contributed by atoms with Crippen LogP contribution in [0.3, 0.4) is 0 Å². The van der Waals surface area contributed by atoms with Crippen molar-refractivity contribution in [1.29, 1.82) is 0 Å². The fraction of sp³-hybridized carbons (Fsp3) is 0.538. The molecule has 3 heteroatoms. The van der Waals surface area contributed by atoms with Gasteiger partial charge in [0, 0.05) is 7.11 Å². The first kappa shape index (κ1) is 11.5. The van der Waals surface area contributed by atoms with Crippen molar-refractivity contribution in [3.8, 4) is 0 Å². The Hall–Kier alpha value is -0.960. The van der Waals surface area contributed by atoms with E-state index in [-0.39, 0.29) is 0 Å². The van der Waals surface area contributed by atoms with E-state index in [1.807, 2.05) is 0 Å². The van der Waals surface area contributed by atoms with Crippen molar-refractivity contribution in [1.82, 2.24) is 0 Å². The SMILES string of the molecule is COC1CCC(c2ccc(F)c(F)c2)CC1. The van der Waals surface area contributed by atoms with Gasteiger partial charge in [0.1, 0.15) is 0 Å². The molecule has 1 aromatic carbocycles. The number of benzene rings is 1. The summed E-state index contributed by atoms with van der Waals surface area (Å²) >= 11 is 0. The van der Waals surface area contributed by atoms with E-state index in [1.54, 1.807) is 13.2 Å². The van der Waals surface area contributed by atoms with Crippen LogP contribution < -0.4 is 0 Å². The van der Waals surface area contributed by atoms with Crippen molar-refractivity contribution in [2.75, 3.05) is 7.11 Å². The van der Waals surface area contributed by atoms with Crippen LogP contribution in [-0.4, -0.2) is 13.2 Å². The first-order chi connectivity index (χ1) is 7.70. The summed E-state index contributed by atoms with van der Waals surface area (Å²) in [7, 11) is 1.72. The summed E-state index contributed by atoms with van der Waals surface area (Å²) in [5.74, 6) is -1.16. The van der Waals surface area contributed by atoms with E-state index in [1.165, 1.54) is 12.1 Å². The van der Waals surface area contributed by atoms with Gasteiger partial charge in [-0.05, 0) is 49.3 Å². The summed E-state index contributed by atoms with van der Waals surface area (Å²) in [5, 5.41) is 0. The van der Waals surface area contributed by atoms with Crippen LogP contribution in [0.2, 0.25) is 0 Å². The van der Waals surface area contributed by atoms with Gasteiger partial charge in [0.2, 0.25) is 0 Å². The van der Waals surface area contributed by atoms with Crippen LogP contribution in [0.4, 0.5) is 8.78 Å². The predicted octanol–water partition coefficient (Wildman–Crippen LogP) is 3.64. The maximum Gasteiger partial charge on any atom is 0.159 e. The van der Waals surface area contributed by atoms with E-state index in [0.29, 0.717) is 12.0 Å². The minimum absolute atomic E-state index is 0.335. The smallest absolute Gasteiger partial charge is 0.159 e. The van der Waals surface area contributed by atoms with Crippen molar-refractivity contribution in [2.24, 2.45) is 0 Å². The molecule has 0 atom stereocenters. The molecular weight excluding hydrogens is 210 g/mol. The molecule has 0 saturated heterocycles. The first-order valence-electron chi connectivity index (χ1n) is 5.68. The Morgan fingerprint density at radius 2 is 1.75 bits per heavy atom. The second kappa shape index (κ2) is 4.91. The number of hydrogen-bond acceptors (Lipinski definition) is 1. The monoisotopic (exact) mass is 226 g/mol. The lowest BCUT2D eigenvalue weighted by atomic mass is 9.83. The lowest BCUT2D eigenvalue weighted by Gasteiger charge is -2.27. The fourth-order valence-corrected chi connectivity index (χ4v) is 2.40. The van der Waals surface area contributed by atoms with Gasteiger partial charge in [-0.3, -0.25) is 0 Å². The van der Waals surface area contributed by atoms with Crippen molar-refractivity contribution >= 4 is 0 Å². The van der Waals surface area contributed by atoms with Gasteiger partial charge < -0.3 is 4.74 Å². The highest BCUT2D eigenvalue weighted by atomic mass is 19.2. The van der Waals surface area contributed by atoms with Crippen LogP contribution >= 0.6 is 0 Å². The third kappa shape index (κ3) is 2.40. The molecule has 1 fully saturated rings. The lowest BCUT2D eigenvalue weighted by molar-refractivity contribution is 0.0658. The second-order valence-electron chi connectivity index (χ2n) is 4.38. The standard InChI is InChI=1S/C13H16F2O/c1-16-11-5-2-9(3-6-11)10-4-7-12(14)13(15)8-10/h4,7-9,11H,2-3,5-6H2,1H3. The number of halogens is 2. The van der Waals surface area contributed by atoms with Gasteiger partial charge in [-0.15, -0.1) is 0 Å². The molecule has 88 valence electrons. The summed E-state index contributed by atoms with van der Waals surface area (Å²) in [4.78, 5) is 0. The Balaban J connectivity index is 2.05. The van der Waals surface area contributed by atoms with Crippen LogP contribution in [0, 0.1) is 11.6 Å². The van der Waals surface area contributed by atoms with Gasteiger partial charge in [-0.25, -0.2) is 8.78 Å². The topological polar surface area (TPSA) is 9.23 Å². The average Bonchev–Trinajstić information content (AvgIpc) is 2.33. The minimum atomic E-state index is -0.769. The third-order valence-corrected chi connectivity index (χ3v) is 3.42. The van der Waals surface area contributed by atoms with Gasteiger partial charge in [0.15, 0.2) is 11.6 Å². The molecular formula is C13H16F2O. The molecule has 1 aliphatic carbocycles. The number of hydrogen-bond donors (Lipinski definition) is 0. The molecule has 0 amide bonds. The third-order valence-electron chi connectivity index (χ3n) is 3.42. The molecule has 16 heavy (non-hydrogen) atoms. The molecule has 2 rings (SSSR count). The van der Waals surface area contributed by atoms with Crippen LogP contribution in [0.25, 0.3) is 0 Å². The number of ether oxygens (including phenoxy) is 1. The molecule has 1 aromatic rings. The molecule has 1 nitrogen and oxygen atoms in total. The van der Waals surface area contributed by atoms with Crippen molar-refractivity contribution in [3.63, 3.8) is 0 Å². The van der Waals surface area contributed by atoms with Crippen LogP contribution in [-0.2, 0) is 4.74 Å². The maximum atomic E-state index is 13.1. The normalized spacial score (nSPS) is 25.7. The summed E-state index contributed by atoms with van der Waals surface area (Å²) in [6.45, 7) is 0. The summed E-state index contributed by atoms with van der Waals surface area (Å²) in [6.07, 6.45) is 4.31. The van der Waals surface area contributed by atoms with Crippen molar-refractivity contribution in [3.05, 3.63) is 35.4 Å². The van der Waals surface area contributed by atoms with Crippen LogP contribution in [0.1, 0.15) is 37.2 Å². The van der Waals surface area contributed by atoms with E-state index >= 15 is 0 Å². The molecule has 0 aromatic heterocycles. The minimum Gasteiger partial charge on any atom is -0.381 e. The highest BCUT2D eigenvalue weighted by Crippen LogP contribution is 2.34. The molecule has 0 heterocycles. The van der Waals surface area contributed by atoms with Crippen molar-refractivity contribution in [2.45, 2.75) is 37.7 Å². The zero-order chi connectivity index (χ0) is 11.5. The van der Waals surface area contributed by atoms with Crippen molar-refractivity contribution < 1.29 is 13.5 Å². The van der Waals surface area contributed by atoms with Gasteiger partial charge in [-0.1, -0.05) is 6.07 Å². The summed E-state index contributed by atoms with van der Waals surface area (Å²) in [6, 6.07) is 4.23. The average molecular weight is 226 g/mol. The van der Waals surface area contributed by atoms with E-state index < -0.39 is 11.6 Å².